The summed E-state index contributed by atoms with van der Waals surface area (Å²) in [6.45, 7) is 4.96. The van der Waals surface area contributed by atoms with Gasteiger partial charge in [-0.1, -0.05) is 6.92 Å². The van der Waals surface area contributed by atoms with Crippen LogP contribution < -0.4 is 10.6 Å². The van der Waals surface area contributed by atoms with Crippen molar-refractivity contribution in [3.8, 4) is 10.7 Å². The molecule has 0 atom stereocenters. The number of hydrogen-bond donors (Lipinski definition) is 2. The largest absolute Gasteiger partial charge is 0.339 e. The van der Waals surface area contributed by atoms with Gasteiger partial charge >= 0.3 is 0 Å². The molecule has 1 aliphatic rings. The van der Waals surface area contributed by atoms with E-state index in [0.717, 1.165) is 52.9 Å². The van der Waals surface area contributed by atoms with Crippen LogP contribution in [0.3, 0.4) is 0 Å². The number of nitrogens with one attached hydrogen (secondary N) is 1. The van der Waals surface area contributed by atoms with Crippen molar-refractivity contribution in [2.75, 3.05) is 24.5 Å². The van der Waals surface area contributed by atoms with E-state index in [0.29, 0.717) is 0 Å². The molecular weight excluding hydrogens is 338 g/mol. The van der Waals surface area contributed by atoms with Gasteiger partial charge in [-0.2, -0.15) is 4.98 Å². The second-order valence-electron chi connectivity index (χ2n) is 5.59. The zero-order chi connectivity index (χ0) is 14.2. The highest BCUT2D eigenvalue weighted by molar-refractivity contribution is 9.11. The van der Waals surface area contributed by atoms with E-state index in [9.17, 15) is 0 Å². The Hall–Kier alpha value is -0.920. The molecule has 1 fully saturated rings. The SMILES string of the molecule is CC1(CN)CCN(c2n[nH]c(-c3ccc(Br)s3)n2)CC1. The van der Waals surface area contributed by atoms with Gasteiger partial charge in [0.25, 0.3) is 0 Å². The number of thiophene rings is 1. The molecule has 3 rings (SSSR count). The van der Waals surface area contributed by atoms with Crippen molar-refractivity contribution >= 4 is 33.2 Å². The molecule has 0 radical (unpaired) electrons. The van der Waals surface area contributed by atoms with Gasteiger partial charge in [-0.3, -0.25) is 5.10 Å². The van der Waals surface area contributed by atoms with Crippen LogP contribution in [0, 0.1) is 5.41 Å². The molecule has 5 nitrogen and oxygen atoms in total. The summed E-state index contributed by atoms with van der Waals surface area (Å²) < 4.78 is 1.10. The molecule has 1 saturated heterocycles. The average Bonchev–Trinajstić information content (AvgIpc) is 3.08. The molecule has 3 heterocycles. The van der Waals surface area contributed by atoms with Crippen molar-refractivity contribution in [1.82, 2.24) is 15.2 Å². The van der Waals surface area contributed by atoms with E-state index in [4.69, 9.17) is 5.73 Å². The van der Waals surface area contributed by atoms with Crippen molar-refractivity contribution in [1.29, 1.82) is 0 Å². The molecule has 7 heteroatoms. The number of hydrogen-bond acceptors (Lipinski definition) is 5. The average molecular weight is 356 g/mol. The molecule has 20 heavy (non-hydrogen) atoms. The van der Waals surface area contributed by atoms with Gasteiger partial charge in [0, 0.05) is 13.1 Å². The van der Waals surface area contributed by atoms with Crippen LogP contribution in [-0.2, 0) is 0 Å². The van der Waals surface area contributed by atoms with Crippen molar-refractivity contribution in [3.63, 3.8) is 0 Å². The van der Waals surface area contributed by atoms with Crippen LogP contribution in [0.25, 0.3) is 10.7 Å². The summed E-state index contributed by atoms with van der Waals surface area (Å²) in [4.78, 5) is 7.94. The van der Waals surface area contributed by atoms with Gasteiger partial charge in [0.15, 0.2) is 5.82 Å². The Balaban J connectivity index is 1.72. The molecule has 0 unspecified atom stereocenters. The highest BCUT2D eigenvalue weighted by atomic mass is 79.9. The highest BCUT2D eigenvalue weighted by Crippen LogP contribution is 2.32. The number of nitrogens with two attached hydrogens (primary N) is 1. The zero-order valence-electron chi connectivity index (χ0n) is 11.4. The van der Waals surface area contributed by atoms with E-state index in [1.807, 2.05) is 12.1 Å². The highest BCUT2D eigenvalue weighted by Gasteiger charge is 2.30. The lowest BCUT2D eigenvalue weighted by molar-refractivity contribution is 0.257. The molecule has 0 bridgehead atoms. The molecule has 0 spiro atoms. The third-order valence-electron chi connectivity index (χ3n) is 4.03. The van der Waals surface area contributed by atoms with Gasteiger partial charge in [-0.15, -0.1) is 16.4 Å². The van der Waals surface area contributed by atoms with Gasteiger partial charge in [0.2, 0.25) is 5.95 Å². The second kappa shape index (κ2) is 5.46. The minimum atomic E-state index is 0.272. The lowest BCUT2D eigenvalue weighted by Gasteiger charge is -2.38. The third kappa shape index (κ3) is 2.75. The van der Waals surface area contributed by atoms with E-state index < -0.39 is 0 Å². The first-order chi connectivity index (χ1) is 9.59. The number of anilines is 1. The van der Waals surface area contributed by atoms with Crippen molar-refractivity contribution in [2.24, 2.45) is 11.1 Å². The number of aromatic amines is 1. The van der Waals surface area contributed by atoms with Gasteiger partial charge in [-0.25, -0.2) is 0 Å². The van der Waals surface area contributed by atoms with Gasteiger partial charge in [-0.05, 0) is 52.9 Å². The van der Waals surface area contributed by atoms with Crippen molar-refractivity contribution in [3.05, 3.63) is 15.9 Å². The van der Waals surface area contributed by atoms with E-state index in [2.05, 4.69) is 42.9 Å². The first-order valence-corrected chi connectivity index (χ1v) is 8.34. The van der Waals surface area contributed by atoms with Crippen LogP contribution in [0.4, 0.5) is 5.95 Å². The lowest BCUT2D eigenvalue weighted by Crippen LogP contribution is -2.42. The summed E-state index contributed by atoms with van der Waals surface area (Å²) in [7, 11) is 0. The Morgan fingerprint density at radius 2 is 2.20 bits per heavy atom. The smallest absolute Gasteiger partial charge is 0.245 e. The summed E-state index contributed by atoms with van der Waals surface area (Å²) in [5.74, 6) is 1.63. The molecule has 0 saturated carbocycles. The maximum absolute atomic E-state index is 5.85. The second-order valence-corrected chi connectivity index (χ2v) is 8.05. The fourth-order valence-corrected chi connectivity index (χ4v) is 3.72. The topological polar surface area (TPSA) is 70.8 Å². The summed E-state index contributed by atoms with van der Waals surface area (Å²) in [6.07, 6.45) is 2.19. The molecule has 1 aliphatic heterocycles. The van der Waals surface area contributed by atoms with E-state index >= 15 is 0 Å². The molecule has 0 aliphatic carbocycles. The predicted molar refractivity (Wildman–Crippen MR) is 86.0 cm³/mol. The maximum Gasteiger partial charge on any atom is 0.245 e. The van der Waals surface area contributed by atoms with Crippen LogP contribution in [0.2, 0.25) is 0 Å². The van der Waals surface area contributed by atoms with Crippen LogP contribution in [0.15, 0.2) is 15.9 Å². The molecular formula is C13H18BrN5S. The standard InChI is InChI=1S/C13H18BrN5S/c1-13(8-15)4-6-19(7-5-13)12-16-11(17-18-12)9-2-3-10(14)20-9/h2-3H,4-8,15H2,1H3,(H,16,17,18). The van der Waals surface area contributed by atoms with Gasteiger partial charge < -0.3 is 10.6 Å². The Morgan fingerprint density at radius 1 is 1.45 bits per heavy atom. The normalized spacial score (nSPS) is 18.4. The number of aromatic nitrogens is 3. The third-order valence-corrected chi connectivity index (χ3v) is 5.66. The molecule has 0 aromatic carbocycles. The number of nitrogens with zero attached hydrogens (tertiary/aromatic N) is 3. The molecule has 108 valence electrons. The van der Waals surface area contributed by atoms with Crippen LogP contribution in [0.5, 0.6) is 0 Å². The monoisotopic (exact) mass is 355 g/mol. The minimum absolute atomic E-state index is 0.272. The number of H-pyrrole nitrogens is 1. The van der Waals surface area contributed by atoms with Gasteiger partial charge in [0.1, 0.15) is 0 Å². The van der Waals surface area contributed by atoms with Crippen molar-refractivity contribution < 1.29 is 0 Å². The van der Waals surface area contributed by atoms with E-state index in [-0.39, 0.29) is 5.41 Å². The fraction of sp³-hybridized carbons (Fsp3) is 0.538. The Morgan fingerprint density at radius 3 is 2.80 bits per heavy atom. The predicted octanol–water partition coefficient (Wildman–Crippen LogP) is 2.86. The zero-order valence-corrected chi connectivity index (χ0v) is 13.8. The van der Waals surface area contributed by atoms with Crippen LogP contribution in [-0.4, -0.2) is 34.8 Å². The fourth-order valence-electron chi connectivity index (χ4n) is 2.40. The van der Waals surface area contributed by atoms with Crippen LogP contribution >= 0.6 is 27.3 Å². The maximum atomic E-state index is 5.85. The quantitative estimate of drug-likeness (QED) is 0.887. The molecule has 3 N–H and O–H groups in total. The summed E-state index contributed by atoms with van der Waals surface area (Å²) >= 11 is 5.12. The first-order valence-electron chi connectivity index (χ1n) is 6.73. The first kappa shape index (κ1) is 14.0. The molecule has 0 amide bonds. The molecule has 2 aromatic heterocycles. The summed E-state index contributed by atoms with van der Waals surface area (Å²) in [5.41, 5.74) is 6.12. The van der Waals surface area contributed by atoms with Crippen LogP contribution in [0.1, 0.15) is 19.8 Å². The number of piperidine rings is 1. The summed E-state index contributed by atoms with van der Waals surface area (Å²) in [5, 5.41) is 7.38. The van der Waals surface area contributed by atoms with Crippen molar-refractivity contribution in [2.45, 2.75) is 19.8 Å². The van der Waals surface area contributed by atoms with Gasteiger partial charge in [0.05, 0.1) is 8.66 Å². The number of rotatable bonds is 3. The minimum Gasteiger partial charge on any atom is -0.339 e. The van der Waals surface area contributed by atoms with E-state index in [1.165, 1.54) is 0 Å². The Bertz CT molecular complexity index is 585. The summed E-state index contributed by atoms with van der Waals surface area (Å²) in [6, 6.07) is 4.07. The van der Waals surface area contributed by atoms with E-state index in [1.54, 1.807) is 11.3 Å². The Kier molecular flexibility index (Phi) is 3.83. The number of halogens is 1. The lowest BCUT2D eigenvalue weighted by atomic mass is 9.81. The Labute approximate surface area is 130 Å². The molecule has 2 aromatic rings.